The Labute approximate surface area is 286 Å². The Morgan fingerprint density at radius 2 is 1.50 bits per heavy atom. The standard InChI is InChI=1S/C35H60N8O5/c1-22(2)20-29(41-32(45)28(37-6)21-25-14-16-26(36)17-15-25)33(46)40-27(12-9-10-18-42(8)23(3)4)35(48)43-19-11-13-30(43)34(47)39-24(5)31(44)38-7/h14-17,22-24,27-30,37H,9-13,18-21,36H2,1-8H3,(H,38,44)(H,39,47)(H,40,46)(H,41,45)/t24-,27+,28-,29+,30+/m1/s1. The van der Waals surface area contributed by atoms with Gasteiger partial charge in [0.05, 0.1) is 6.04 Å². The summed E-state index contributed by atoms with van der Waals surface area (Å²) in [6.45, 7) is 11.0. The summed E-state index contributed by atoms with van der Waals surface area (Å²) in [5, 5.41) is 14.2. The molecule has 0 aliphatic carbocycles. The molecule has 0 spiro atoms. The van der Waals surface area contributed by atoms with Gasteiger partial charge in [0.2, 0.25) is 29.5 Å². The van der Waals surface area contributed by atoms with E-state index < -0.39 is 42.0 Å². The number of nitrogens with one attached hydrogen (secondary N) is 5. The second-order valence-corrected chi connectivity index (χ2v) is 13.6. The number of nitrogen functional groups attached to an aromatic ring is 1. The predicted molar refractivity (Wildman–Crippen MR) is 189 cm³/mol. The van der Waals surface area contributed by atoms with Crippen molar-refractivity contribution in [2.75, 3.05) is 40.0 Å². The zero-order valence-corrected chi connectivity index (χ0v) is 30.2. The van der Waals surface area contributed by atoms with E-state index in [0.29, 0.717) is 56.8 Å². The highest BCUT2D eigenvalue weighted by atomic mass is 16.2. The third-order valence-corrected chi connectivity index (χ3v) is 9.01. The number of rotatable bonds is 19. The van der Waals surface area contributed by atoms with E-state index in [9.17, 15) is 24.0 Å². The lowest BCUT2D eigenvalue weighted by molar-refractivity contribution is -0.142. The van der Waals surface area contributed by atoms with E-state index in [1.54, 1.807) is 26.1 Å². The first-order valence-corrected chi connectivity index (χ1v) is 17.3. The van der Waals surface area contributed by atoms with Crippen molar-refractivity contribution in [2.24, 2.45) is 5.92 Å². The molecule has 0 radical (unpaired) electrons. The minimum Gasteiger partial charge on any atom is -0.399 e. The van der Waals surface area contributed by atoms with Crippen molar-refractivity contribution < 1.29 is 24.0 Å². The van der Waals surface area contributed by atoms with Crippen LogP contribution in [0.15, 0.2) is 24.3 Å². The molecule has 0 unspecified atom stereocenters. The first-order chi connectivity index (χ1) is 22.7. The first-order valence-electron chi connectivity index (χ1n) is 17.3. The molecular weight excluding hydrogens is 612 g/mol. The summed E-state index contributed by atoms with van der Waals surface area (Å²) in [7, 11) is 5.24. The molecule has 2 rings (SSSR count). The molecule has 13 heteroatoms. The van der Waals surface area contributed by atoms with E-state index in [0.717, 1.165) is 18.5 Å². The predicted octanol–water partition coefficient (Wildman–Crippen LogP) is 1.17. The quantitative estimate of drug-likeness (QED) is 0.0937. The van der Waals surface area contributed by atoms with Crippen molar-refractivity contribution in [3.8, 4) is 0 Å². The van der Waals surface area contributed by atoms with Gasteiger partial charge in [0.1, 0.15) is 24.2 Å². The number of amides is 5. The number of likely N-dealkylation sites (tertiary alicyclic amines) is 1. The minimum absolute atomic E-state index is 0.0841. The maximum atomic E-state index is 14.1. The summed E-state index contributed by atoms with van der Waals surface area (Å²) in [5.74, 6) is -1.74. The summed E-state index contributed by atoms with van der Waals surface area (Å²) in [4.78, 5) is 70.4. The van der Waals surface area contributed by atoms with Crippen LogP contribution in [0.5, 0.6) is 0 Å². The van der Waals surface area contributed by atoms with Gasteiger partial charge in [-0.1, -0.05) is 26.0 Å². The largest absolute Gasteiger partial charge is 0.399 e. The van der Waals surface area contributed by atoms with Gasteiger partial charge in [-0.3, -0.25) is 24.0 Å². The van der Waals surface area contributed by atoms with Gasteiger partial charge in [-0.25, -0.2) is 0 Å². The topological polar surface area (TPSA) is 178 Å². The number of benzene rings is 1. The van der Waals surface area contributed by atoms with Crippen LogP contribution in [0, 0.1) is 5.92 Å². The summed E-state index contributed by atoms with van der Waals surface area (Å²) in [6, 6.07) is 3.84. The molecule has 1 aromatic carbocycles. The summed E-state index contributed by atoms with van der Waals surface area (Å²) >= 11 is 0. The van der Waals surface area contributed by atoms with Crippen molar-refractivity contribution in [3.63, 3.8) is 0 Å². The van der Waals surface area contributed by atoms with E-state index in [4.69, 9.17) is 5.73 Å². The molecule has 1 saturated heterocycles. The lowest BCUT2D eigenvalue weighted by Gasteiger charge is -2.31. The number of hydrogen-bond acceptors (Lipinski definition) is 8. The van der Waals surface area contributed by atoms with Crippen molar-refractivity contribution in [3.05, 3.63) is 29.8 Å². The Balaban J connectivity index is 2.24. The highest BCUT2D eigenvalue weighted by Crippen LogP contribution is 2.21. The monoisotopic (exact) mass is 672 g/mol. The van der Waals surface area contributed by atoms with E-state index in [1.165, 1.54) is 11.9 Å². The van der Waals surface area contributed by atoms with Gasteiger partial charge < -0.3 is 42.1 Å². The minimum atomic E-state index is -0.881. The number of likely N-dealkylation sites (N-methyl/N-ethyl adjacent to an activating group) is 2. The summed E-state index contributed by atoms with van der Waals surface area (Å²) in [5.41, 5.74) is 7.37. The Kier molecular flexibility index (Phi) is 16.8. The average Bonchev–Trinajstić information content (AvgIpc) is 3.54. The van der Waals surface area contributed by atoms with Gasteiger partial charge >= 0.3 is 0 Å². The fourth-order valence-corrected chi connectivity index (χ4v) is 5.78. The lowest BCUT2D eigenvalue weighted by Crippen LogP contribution is -2.58. The molecule has 1 aromatic rings. The Morgan fingerprint density at radius 1 is 0.875 bits per heavy atom. The third kappa shape index (κ3) is 12.7. The molecule has 1 aliphatic rings. The van der Waals surface area contributed by atoms with E-state index >= 15 is 0 Å². The zero-order chi connectivity index (χ0) is 36.0. The van der Waals surface area contributed by atoms with Crippen LogP contribution in [0.2, 0.25) is 0 Å². The highest BCUT2D eigenvalue weighted by Gasteiger charge is 2.39. The molecular formula is C35H60N8O5. The number of nitrogens with zero attached hydrogens (tertiary/aromatic N) is 2. The molecule has 5 atom stereocenters. The van der Waals surface area contributed by atoms with Crippen LogP contribution < -0.4 is 32.3 Å². The van der Waals surface area contributed by atoms with Crippen molar-refractivity contribution >= 4 is 35.2 Å². The van der Waals surface area contributed by atoms with Gasteiger partial charge in [0, 0.05) is 25.3 Å². The van der Waals surface area contributed by atoms with E-state index in [2.05, 4.69) is 45.3 Å². The third-order valence-electron chi connectivity index (χ3n) is 9.01. The maximum Gasteiger partial charge on any atom is 0.245 e. The molecule has 7 N–H and O–H groups in total. The average molecular weight is 673 g/mol. The van der Waals surface area contributed by atoms with Crippen LogP contribution in [0.3, 0.4) is 0 Å². The molecule has 48 heavy (non-hydrogen) atoms. The van der Waals surface area contributed by atoms with Crippen molar-refractivity contribution in [1.29, 1.82) is 0 Å². The van der Waals surface area contributed by atoms with Crippen LogP contribution in [0.1, 0.15) is 78.7 Å². The number of hydrogen-bond donors (Lipinski definition) is 6. The first kappa shape index (κ1) is 40.5. The molecule has 0 aromatic heterocycles. The van der Waals surface area contributed by atoms with Gasteiger partial charge in [-0.05, 0) is 110 Å². The molecule has 5 amide bonds. The molecule has 1 heterocycles. The maximum absolute atomic E-state index is 14.1. The SMILES string of the molecule is CNC(=O)[C@@H](C)NC(=O)[C@@H]1CCCN1C(=O)[C@H](CCCCN(C)C(C)C)NC(=O)[C@H](CC(C)C)NC(=O)[C@@H](Cc1ccc(N)cc1)NC. The van der Waals surface area contributed by atoms with Crippen molar-refractivity contribution in [2.45, 2.75) is 116 Å². The Morgan fingerprint density at radius 3 is 2.08 bits per heavy atom. The molecule has 270 valence electrons. The van der Waals surface area contributed by atoms with Crippen LogP contribution in [0.4, 0.5) is 5.69 Å². The number of carbonyl (C=O) groups excluding carboxylic acids is 5. The lowest BCUT2D eigenvalue weighted by atomic mass is 10.00. The molecule has 13 nitrogen and oxygen atoms in total. The molecule has 1 fully saturated rings. The van der Waals surface area contributed by atoms with Gasteiger partial charge in [0.15, 0.2) is 0 Å². The van der Waals surface area contributed by atoms with Crippen LogP contribution in [-0.2, 0) is 30.4 Å². The molecule has 1 aliphatic heterocycles. The summed E-state index contributed by atoms with van der Waals surface area (Å²) in [6.07, 6.45) is 3.75. The fraction of sp³-hybridized carbons (Fsp3) is 0.686. The van der Waals surface area contributed by atoms with Gasteiger partial charge in [0.25, 0.3) is 0 Å². The van der Waals surface area contributed by atoms with Gasteiger partial charge in [-0.2, -0.15) is 0 Å². The number of carbonyl (C=O) groups is 5. The van der Waals surface area contributed by atoms with Crippen LogP contribution in [0.25, 0.3) is 0 Å². The van der Waals surface area contributed by atoms with E-state index in [-0.39, 0.29) is 23.6 Å². The fourth-order valence-electron chi connectivity index (χ4n) is 5.78. The highest BCUT2D eigenvalue weighted by molar-refractivity contribution is 5.96. The molecule has 0 saturated carbocycles. The number of anilines is 1. The van der Waals surface area contributed by atoms with Crippen LogP contribution in [-0.4, -0.2) is 110 Å². The van der Waals surface area contributed by atoms with Crippen molar-refractivity contribution in [1.82, 2.24) is 36.4 Å². The normalized spacial score (nSPS) is 17.1. The number of nitrogens with two attached hydrogens (primary N) is 1. The smallest absolute Gasteiger partial charge is 0.245 e. The second kappa shape index (κ2) is 20.0. The zero-order valence-electron chi connectivity index (χ0n) is 30.2. The molecule has 0 bridgehead atoms. The Hall–Kier alpha value is -3.71. The van der Waals surface area contributed by atoms with E-state index in [1.807, 2.05) is 33.0 Å². The Bertz CT molecular complexity index is 1210. The van der Waals surface area contributed by atoms with Gasteiger partial charge in [-0.15, -0.1) is 0 Å². The second-order valence-electron chi connectivity index (χ2n) is 13.6. The number of unbranched alkanes of at least 4 members (excludes halogenated alkanes) is 1. The van der Waals surface area contributed by atoms with Crippen LogP contribution >= 0.6 is 0 Å². The summed E-state index contributed by atoms with van der Waals surface area (Å²) < 4.78 is 0.